The van der Waals surface area contributed by atoms with Crippen molar-refractivity contribution in [3.63, 3.8) is 0 Å². The largest absolute Gasteiger partial charge is 0.433 e. The fourth-order valence-corrected chi connectivity index (χ4v) is 2.36. The number of alkyl halides is 3. The van der Waals surface area contributed by atoms with E-state index in [0.717, 1.165) is 29.6 Å². The average molecular weight is 321 g/mol. The summed E-state index contributed by atoms with van der Waals surface area (Å²) >= 11 is 0. The first-order valence-electron chi connectivity index (χ1n) is 7.06. The van der Waals surface area contributed by atoms with Gasteiger partial charge in [-0.2, -0.15) is 13.2 Å². The Bertz CT molecular complexity index is 825. The highest BCUT2D eigenvalue weighted by atomic mass is 19.4. The van der Waals surface area contributed by atoms with Crippen molar-refractivity contribution >= 4 is 16.9 Å². The van der Waals surface area contributed by atoms with E-state index in [9.17, 15) is 13.2 Å². The van der Waals surface area contributed by atoms with Crippen LogP contribution in [0.25, 0.3) is 11.0 Å². The third-order valence-electron chi connectivity index (χ3n) is 3.51. The maximum Gasteiger partial charge on any atom is 0.433 e. The van der Waals surface area contributed by atoms with Gasteiger partial charge in [0.05, 0.1) is 5.39 Å². The van der Waals surface area contributed by atoms with Crippen molar-refractivity contribution in [2.75, 3.05) is 5.32 Å². The number of hydrogen-bond donors (Lipinski definition) is 2. The van der Waals surface area contributed by atoms with Crippen LogP contribution in [0.3, 0.4) is 0 Å². The number of H-pyrrole nitrogens is 1. The highest BCUT2D eigenvalue weighted by Gasteiger charge is 2.32. The normalized spacial score (nSPS) is 11.8. The second-order valence-electron chi connectivity index (χ2n) is 5.01. The van der Waals surface area contributed by atoms with Gasteiger partial charge in [-0.3, -0.25) is 4.98 Å². The fourth-order valence-electron chi connectivity index (χ4n) is 2.36. The second kappa shape index (κ2) is 5.86. The van der Waals surface area contributed by atoms with Gasteiger partial charge in [0.25, 0.3) is 0 Å². The summed E-state index contributed by atoms with van der Waals surface area (Å²) in [6.07, 6.45) is 0.778. The molecule has 3 aromatic heterocycles. The second-order valence-corrected chi connectivity index (χ2v) is 5.01. The van der Waals surface area contributed by atoms with Gasteiger partial charge < -0.3 is 10.3 Å². The number of nitrogens with one attached hydrogen (secondary N) is 2. The highest BCUT2D eigenvalue weighted by molar-refractivity contribution is 5.90. The minimum atomic E-state index is -4.45. The first-order chi connectivity index (χ1) is 11.0. The van der Waals surface area contributed by atoms with Gasteiger partial charge in [0, 0.05) is 18.9 Å². The van der Waals surface area contributed by atoms with Crippen LogP contribution in [-0.4, -0.2) is 19.9 Å². The minimum Gasteiger partial charge on any atom is -0.365 e. The van der Waals surface area contributed by atoms with Gasteiger partial charge in [-0.05, 0) is 29.7 Å². The highest BCUT2D eigenvalue weighted by Crippen LogP contribution is 2.28. The van der Waals surface area contributed by atoms with Crippen molar-refractivity contribution in [1.29, 1.82) is 0 Å². The molecule has 0 radical (unpaired) electrons. The summed E-state index contributed by atoms with van der Waals surface area (Å²) in [5.74, 6) is 0.596. The Kier molecular flexibility index (Phi) is 3.89. The van der Waals surface area contributed by atoms with Crippen LogP contribution in [-0.2, 0) is 19.1 Å². The predicted octanol–water partition coefficient (Wildman–Crippen LogP) is 3.55. The number of aromatic nitrogens is 4. The maximum atomic E-state index is 12.7. The summed E-state index contributed by atoms with van der Waals surface area (Å²) in [5, 5.41) is 3.94. The first-order valence-corrected chi connectivity index (χ1v) is 7.06. The van der Waals surface area contributed by atoms with Gasteiger partial charge in [0.2, 0.25) is 0 Å². The Morgan fingerprint density at radius 1 is 1.22 bits per heavy atom. The van der Waals surface area contributed by atoms with Gasteiger partial charge >= 0.3 is 6.18 Å². The van der Waals surface area contributed by atoms with E-state index in [2.05, 4.69) is 25.3 Å². The number of aromatic amines is 1. The molecule has 0 aliphatic heterocycles. The van der Waals surface area contributed by atoms with E-state index >= 15 is 0 Å². The molecule has 0 atom stereocenters. The van der Waals surface area contributed by atoms with Crippen molar-refractivity contribution in [1.82, 2.24) is 19.9 Å². The van der Waals surface area contributed by atoms with Gasteiger partial charge in [-0.15, -0.1) is 0 Å². The monoisotopic (exact) mass is 321 g/mol. The molecule has 23 heavy (non-hydrogen) atoms. The molecule has 0 saturated carbocycles. The third-order valence-corrected chi connectivity index (χ3v) is 3.51. The molecule has 2 N–H and O–H groups in total. The molecule has 8 heteroatoms. The molecule has 3 heterocycles. The molecule has 0 spiro atoms. The lowest BCUT2D eigenvalue weighted by atomic mass is 10.2. The van der Waals surface area contributed by atoms with Crippen LogP contribution < -0.4 is 5.32 Å². The Balaban J connectivity index is 1.85. The standard InChI is InChI=1S/C15H14F3N5/c1-2-10-7-21-14-12(10)13(22-8-23-14)20-6-9-3-4-19-11(5-9)15(16,17)18/h3-5,7-8H,2,6H2,1H3,(H2,20,21,22,23). The molecular formula is C15H14F3N5. The van der Waals surface area contributed by atoms with E-state index in [4.69, 9.17) is 0 Å². The van der Waals surface area contributed by atoms with Crippen LogP contribution in [0.4, 0.5) is 19.0 Å². The van der Waals surface area contributed by atoms with Crippen LogP contribution in [0.15, 0.2) is 30.9 Å². The van der Waals surface area contributed by atoms with E-state index in [-0.39, 0.29) is 6.54 Å². The Morgan fingerprint density at radius 3 is 2.78 bits per heavy atom. The third kappa shape index (κ3) is 3.10. The first kappa shape index (κ1) is 15.3. The summed E-state index contributed by atoms with van der Waals surface area (Å²) in [5.41, 5.74) is 1.33. The van der Waals surface area contributed by atoms with Gasteiger partial charge in [0.1, 0.15) is 23.5 Å². The molecule has 0 amide bonds. The van der Waals surface area contributed by atoms with Crippen molar-refractivity contribution in [3.05, 3.63) is 47.7 Å². The predicted molar refractivity (Wildman–Crippen MR) is 79.8 cm³/mol. The van der Waals surface area contributed by atoms with Crippen molar-refractivity contribution in [2.45, 2.75) is 26.1 Å². The molecule has 0 bridgehead atoms. The lowest BCUT2D eigenvalue weighted by Crippen LogP contribution is -2.09. The van der Waals surface area contributed by atoms with E-state index < -0.39 is 11.9 Å². The van der Waals surface area contributed by atoms with Crippen molar-refractivity contribution in [2.24, 2.45) is 0 Å². The number of hydrogen-bond acceptors (Lipinski definition) is 4. The zero-order valence-corrected chi connectivity index (χ0v) is 12.3. The van der Waals surface area contributed by atoms with E-state index in [1.54, 1.807) is 6.07 Å². The summed E-state index contributed by atoms with van der Waals surface area (Å²) < 4.78 is 38.1. The summed E-state index contributed by atoms with van der Waals surface area (Å²) in [6, 6.07) is 2.57. The molecule has 0 unspecified atom stereocenters. The SMILES string of the molecule is CCc1c[nH]c2ncnc(NCc3ccnc(C(F)(F)F)c3)c12. The van der Waals surface area contributed by atoms with E-state index in [0.29, 0.717) is 17.0 Å². The number of anilines is 1. The van der Waals surface area contributed by atoms with Gasteiger partial charge in [-0.25, -0.2) is 9.97 Å². The maximum absolute atomic E-state index is 12.7. The molecule has 0 aliphatic carbocycles. The van der Waals surface area contributed by atoms with Crippen molar-refractivity contribution < 1.29 is 13.2 Å². The van der Waals surface area contributed by atoms with Crippen LogP contribution in [0.2, 0.25) is 0 Å². The molecule has 0 aromatic carbocycles. The average Bonchev–Trinajstić information content (AvgIpc) is 2.96. The number of aryl methyl sites for hydroxylation is 1. The molecular weight excluding hydrogens is 307 g/mol. The zero-order chi connectivity index (χ0) is 16.4. The smallest absolute Gasteiger partial charge is 0.365 e. The van der Waals surface area contributed by atoms with E-state index in [1.807, 2.05) is 13.1 Å². The van der Waals surface area contributed by atoms with Crippen LogP contribution >= 0.6 is 0 Å². The fraction of sp³-hybridized carbons (Fsp3) is 0.267. The molecule has 120 valence electrons. The van der Waals surface area contributed by atoms with Crippen LogP contribution in [0, 0.1) is 0 Å². The molecule has 0 aliphatic rings. The molecule has 0 saturated heterocycles. The number of rotatable bonds is 4. The lowest BCUT2D eigenvalue weighted by molar-refractivity contribution is -0.141. The van der Waals surface area contributed by atoms with E-state index in [1.165, 1.54) is 6.33 Å². The summed E-state index contributed by atoms with van der Waals surface area (Å²) in [6.45, 7) is 2.23. The lowest BCUT2D eigenvalue weighted by Gasteiger charge is -2.10. The summed E-state index contributed by atoms with van der Waals surface area (Å²) in [7, 11) is 0. The number of pyridine rings is 1. The van der Waals surface area contributed by atoms with Crippen LogP contribution in [0.5, 0.6) is 0 Å². The Labute approximate surface area is 130 Å². The topological polar surface area (TPSA) is 66.5 Å². The van der Waals surface area contributed by atoms with Gasteiger partial charge in [-0.1, -0.05) is 6.92 Å². The number of nitrogens with zero attached hydrogens (tertiary/aromatic N) is 3. The summed E-state index contributed by atoms with van der Waals surface area (Å²) in [4.78, 5) is 14.7. The van der Waals surface area contributed by atoms with Crippen molar-refractivity contribution in [3.8, 4) is 0 Å². The van der Waals surface area contributed by atoms with Gasteiger partial charge in [0.15, 0.2) is 0 Å². The minimum absolute atomic E-state index is 0.214. The molecule has 0 fully saturated rings. The number of halogens is 3. The molecule has 3 rings (SSSR count). The zero-order valence-electron chi connectivity index (χ0n) is 12.3. The quantitative estimate of drug-likeness (QED) is 0.771. The Hall–Kier alpha value is -2.64. The number of fused-ring (bicyclic) bond motifs is 1. The van der Waals surface area contributed by atoms with Crippen LogP contribution in [0.1, 0.15) is 23.7 Å². The Morgan fingerprint density at radius 2 is 2.04 bits per heavy atom. The molecule has 3 aromatic rings. The molecule has 5 nitrogen and oxygen atoms in total.